The summed E-state index contributed by atoms with van der Waals surface area (Å²) in [6.07, 6.45) is 5.42. The first-order chi connectivity index (χ1) is 11.7. The third kappa shape index (κ3) is 2.56. The van der Waals surface area contributed by atoms with Crippen LogP contribution in [-0.4, -0.2) is 16.7 Å². The van der Waals surface area contributed by atoms with Gasteiger partial charge in [0.25, 0.3) is 0 Å². The van der Waals surface area contributed by atoms with E-state index >= 15 is 0 Å². The summed E-state index contributed by atoms with van der Waals surface area (Å²) in [6, 6.07) is 18.3. The zero-order chi connectivity index (χ0) is 16.5. The highest BCUT2D eigenvalue weighted by Gasteiger charge is 2.46. The SMILES string of the molecule is O=C1[C@@H]2CC=CC[C@H]2C(=O)N1Cc1ccc(-c2ccccc2)cc1. The number of benzene rings is 2. The molecule has 1 heterocycles. The van der Waals surface area contributed by atoms with E-state index in [1.807, 2.05) is 54.6 Å². The van der Waals surface area contributed by atoms with Crippen molar-refractivity contribution in [1.29, 1.82) is 0 Å². The Morgan fingerprint density at radius 2 is 1.29 bits per heavy atom. The van der Waals surface area contributed by atoms with Crippen LogP contribution in [0.15, 0.2) is 66.7 Å². The van der Waals surface area contributed by atoms with E-state index in [0.717, 1.165) is 16.7 Å². The van der Waals surface area contributed by atoms with E-state index in [-0.39, 0.29) is 23.7 Å². The number of imide groups is 1. The van der Waals surface area contributed by atoms with Gasteiger partial charge < -0.3 is 0 Å². The maximum absolute atomic E-state index is 12.5. The standard InChI is InChI=1S/C21H19NO2/c23-20-18-8-4-5-9-19(18)21(24)22(20)14-15-10-12-17(13-11-15)16-6-2-1-3-7-16/h1-7,10-13,18-19H,8-9,14H2/t18-,19-/m1/s1. The predicted molar refractivity (Wildman–Crippen MR) is 92.8 cm³/mol. The van der Waals surface area contributed by atoms with Crippen LogP contribution in [0.3, 0.4) is 0 Å². The molecule has 4 rings (SSSR count). The largest absolute Gasteiger partial charge is 0.278 e. The summed E-state index contributed by atoms with van der Waals surface area (Å²) in [6.45, 7) is 0.375. The third-order valence-corrected chi connectivity index (χ3v) is 5.00. The molecule has 0 spiro atoms. The third-order valence-electron chi connectivity index (χ3n) is 5.00. The van der Waals surface area contributed by atoms with Gasteiger partial charge in [-0.3, -0.25) is 14.5 Å². The Morgan fingerprint density at radius 1 is 0.750 bits per heavy atom. The molecule has 2 aromatic rings. The maximum Gasteiger partial charge on any atom is 0.233 e. The van der Waals surface area contributed by atoms with Crippen molar-refractivity contribution in [3.05, 3.63) is 72.3 Å². The molecular formula is C21H19NO2. The Hall–Kier alpha value is -2.68. The molecule has 0 saturated carbocycles. The van der Waals surface area contributed by atoms with Gasteiger partial charge in [0, 0.05) is 0 Å². The van der Waals surface area contributed by atoms with Gasteiger partial charge in [-0.25, -0.2) is 0 Å². The zero-order valence-electron chi connectivity index (χ0n) is 13.4. The Bertz CT molecular complexity index is 766. The number of carbonyl (C=O) groups is 2. The second-order valence-corrected chi connectivity index (χ2v) is 6.48. The van der Waals surface area contributed by atoms with Crippen LogP contribution in [0.2, 0.25) is 0 Å². The van der Waals surface area contributed by atoms with Crippen molar-refractivity contribution < 1.29 is 9.59 Å². The number of amides is 2. The molecule has 0 unspecified atom stereocenters. The molecule has 1 fully saturated rings. The maximum atomic E-state index is 12.5. The molecule has 2 atom stereocenters. The average molecular weight is 317 g/mol. The van der Waals surface area contributed by atoms with Crippen LogP contribution in [0, 0.1) is 11.8 Å². The number of fused-ring (bicyclic) bond motifs is 1. The van der Waals surface area contributed by atoms with Gasteiger partial charge in [0.05, 0.1) is 18.4 Å². The second kappa shape index (κ2) is 6.08. The normalized spacial score (nSPS) is 22.8. The van der Waals surface area contributed by atoms with Gasteiger partial charge >= 0.3 is 0 Å². The van der Waals surface area contributed by atoms with E-state index in [9.17, 15) is 9.59 Å². The van der Waals surface area contributed by atoms with Crippen molar-refractivity contribution in [1.82, 2.24) is 4.90 Å². The zero-order valence-corrected chi connectivity index (χ0v) is 13.4. The first-order valence-corrected chi connectivity index (χ1v) is 8.38. The van der Waals surface area contributed by atoms with Crippen LogP contribution in [0.5, 0.6) is 0 Å². The number of hydrogen-bond acceptors (Lipinski definition) is 2. The molecule has 0 bridgehead atoms. The van der Waals surface area contributed by atoms with Crippen molar-refractivity contribution in [3.63, 3.8) is 0 Å². The van der Waals surface area contributed by atoms with Crippen molar-refractivity contribution in [3.8, 4) is 11.1 Å². The smallest absolute Gasteiger partial charge is 0.233 e. The molecule has 2 amide bonds. The molecule has 2 aliphatic rings. The number of rotatable bonds is 3. The van der Waals surface area contributed by atoms with E-state index in [1.54, 1.807) is 0 Å². The molecule has 3 nitrogen and oxygen atoms in total. The van der Waals surface area contributed by atoms with Crippen LogP contribution in [-0.2, 0) is 16.1 Å². The summed E-state index contributed by atoms with van der Waals surface area (Å²) in [5.41, 5.74) is 3.29. The summed E-state index contributed by atoms with van der Waals surface area (Å²) in [5, 5.41) is 0. The minimum Gasteiger partial charge on any atom is -0.278 e. The number of carbonyl (C=O) groups excluding carboxylic acids is 2. The number of likely N-dealkylation sites (tertiary alicyclic amines) is 1. The van der Waals surface area contributed by atoms with E-state index in [0.29, 0.717) is 19.4 Å². The van der Waals surface area contributed by atoms with Gasteiger partial charge in [-0.15, -0.1) is 0 Å². The quantitative estimate of drug-likeness (QED) is 0.638. The highest BCUT2D eigenvalue weighted by Crippen LogP contribution is 2.35. The fraction of sp³-hybridized carbons (Fsp3) is 0.238. The van der Waals surface area contributed by atoms with Gasteiger partial charge in [-0.2, -0.15) is 0 Å². The molecule has 1 saturated heterocycles. The lowest BCUT2D eigenvalue weighted by Crippen LogP contribution is -2.30. The van der Waals surface area contributed by atoms with Crippen molar-refractivity contribution in [2.45, 2.75) is 19.4 Å². The molecule has 1 aliphatic heterocycles. The minimum atomic E-state index is -0.147. The summed E-state index contributed by atoms with van der Waals surface area (Å²) < 4.78 is 0. The van der Waals surface area contributed by atoms with Crippen LogP contribution < -0.4 is 0 Å². The molecule has 24 heavy (non-hydrogen) atoms. The fourth-order valence-electron chi connectivity index (χ4n) is 3.64. The molecule has 120 valence electrons. The summed E-state index contributed by atoms with van der Waals surface area (Å²) >= 11 is 0. The highest BCUT2D eigenvalue weighted by atomic mass is 16.2. The average Bonchev–Trinajstić information content (AvgIpc) is 2.88. The fourth-order valence-corrected chi connectivity index (χ4v) is 3.64. The van der Waals surface area contributed by atoms with Crippen LogP contribution in [0.25, 0.3) is 11.1 Å². The Kier molecular flexibility index (Phi) is 3.77. The number of allylic oxidation sites excluding steroid dienone is 2. The monoisotopic (exact) mass is 317 g/mol. The van der Waals surface area contributed by atoms with Gasteiger partial charge in [0.15, 0.2) is 0 Å². The van der Waals surface area contributed by atoms with E-state index in [1.165, 1.54) is 4.90 Å². The van der Waals surface area contributed by atoms with Gasteiger partial charge in [-0.1, -0.05) is 66.7 Å². The van der Waals surface area contributed by atoms with E-state index in [2.05, 4.69) is 12.1 Å². The number of hydrogen-bond donors (Lipinski definition) is 0. The van der Waals surface area contributed by atoms with Crippen LogP contribution >= 0.6 is 0 Å². The summed E-state index contributed by atoms with van der Waals surface area (Å²) in [4.78, 5) is 26.5. The predicted octanol–water partition coefficient (Wildman–Crippen LogP) is 3.80. The summed E-state index contributed by atoms with van der Waals surface area (Å²) in [7, 11) is 0. The summed E-state index contributed by atoms with van der Waals surface area (Å²) in [5.74, 6) is -0.319. The Morgan fingerprint density at radius 3 is 1.88 bits per heavy atom. The first-order valence-electron chi connectivity index (χ1n) is 8.38. The van der Waals surface area contributed by atoms with Crippen molar-refractivity contribution in [2.24, 2.45) is 11.8 Å². The Labute approximate surface area is 141 Å². The van der Waals surface area contributed by atoms with Crippen molar-refractivity contribution >= 4 is 11.8 Å². The highest BCUT2D eigenvalue weighted by molar-refractivity contribution is 6.05. The van der Waals surface area contributed by atoms with Gasteiger partial charge in [0.2, 0.25) is 11.8 Å². The lowest BCUT2D eigenvalue weighted by atomic mass is 9.85. The molecule has 2 aromatic carbocycles. The van der Waals surface area contributed by atoms with Gasteiger partial charge in [0.1, 0.15) is 0 Å². The first kappa shape index (κ1) is 14.9. The van der Waals surface area contributed by atoms with E-state index < -0.39 is 0 Å². The number of nitrogens with zero attached hydrogens (tertiary/aromatic N) is 1. The lowest BCUT2D eigenvalue weighted by molar-refractivity contribution is -0.140. The Balaban J connectivity index is 1.52. The van der Waals surface area contributed by atoms with Crippen molar-refractivity contribution in [2.75, 3.05) is 0 Å². The molecular weight excluding hydrogens is 298 g/mol. The van der Waals surface area contributed by atoms with Crippen LogP contribution in [0.1, 0.15) is 18.4 Å². The minimum absolute atomic E-state index is 0.0125. The lowest BCUT2D eigenvalue weighted by Gasteiger charge is -2.15. The van der Waals surface area contributed by atoms with Gasteiger partial charge in [-0.05, 0) is 29.5 Å². The molecule has 3 heteroatoms. The second-order valence-electron chi connectivity index (χ2n) is 6.48. The van der Waals surface area contributed by atoms with Crippen LogP contribution in [0.4, 0.5) is 0 Å². The molecule has 1 aliphatic carbocycles. The topological polar surface area (TPSA) is 37.4 Å². The van der Waals surface area contributed by atoms with E-state index in [4.69, 9.17) is 0 Å². The molecule has 0 N–H and O–H groups in total. The molecule has 0 aromatic heterocycles. The molecule has 0 radical (unpaired) electrons.